The van der Waals surface area contributed by atoms with Crippen molar-refractivity contribution in [2.75, 3.05) is 23.7 Å². The molecule has 82 valence electrons. The van der Waals surface area contributed by atoms with Crippen LogP contribution in [0.15, 0.2) is 18.2 Å². The number of nitrogens with two attached hydrogens (primary N) is 1. The topological polar surface area (TPSA) is 69.7 Å². The Hall–Kier alpha value is -0.530. The number of aliphatic hydroxyl groups excluding tert-OH is 2. The number of rotatable bonds is 1. The molecule has 0 amide bonds. The Balaban J connectivity index is 2.24. The van der Waals surface area contributed by atoms with Gasteiger partial charge in [-0.15, -0.1) is 0 Å². The van der Waals surface area contributed by atoms with Gasteiger partial charge in [0.05, 0.1) is 23.6 Å². The monoisotopic (exact) mass is 320 g/mol. The van der Waals surface area contributed by atoms with Gasteiger partial charge in [0.2, 0.25) is 0 Å². The van der Waals surface area contributed by atoms with E-state index in [0.29, 0.717) is 18.8 Å². The molecule has 1 saturated heterocycles. The molecule has 2 atom stereocenters. The van der Waals surface area contributed by atoms with E-state index in [4.69, 9.17) is 5.73 Å². The van der Waals surface area contributed by atoms with Gasteiger partial charge in [-0.1, -0.05) is 0 Å². The van der Waals surface area contributed by atoms with Crippen LogP contribution < -0.4 is 10.6 Å². The molecule has 1 aliphatic rings. The second kappa shape index (κ2) is 4.15. The molecule has 4 nitrogen and oxygen atoms in total. The molecular formula is C10H13IN2O2. The minimum Gasteiger partial charge on any atom is -0.397 e. The fourth-order valence-electron chi connectivity index (χ4n) is 1.78. The summed E-state index contributed by atoms with van der Waals surface area (Å²) in [5, 5.41) is 18.9. The normalized spacial score (nSPS) is 25.9. The van der Waals surface area contributed by atoms with Gasteiger partial charge in [0.1, 0.15) is 0 Å². The minimum atomic E-state index is -0.677. The summed E-state index contributed by atoms with van der Waals surface area (Å²) in [7, 11) is 0. The molecule has 1 fully saturated rings. The standard InChI is InChI=1S/C10H13IN2O2/c11-6-1-2-8(7(12)3-6)13-4-9(14)10(15)5-13/h1-3,9-10,14-15H,4-5,12H2. The zero-order valence-electron chi connectivity index (χ0n) is 8.10. The molecule has 15 heavy (non-hydrogen) atoms. The van der Waals surface area contributed by atoms with E-state index in [1.807, 2.05) is 23.1 Å². The highest BCUT2D eigenvalue weighted by molar-refractivity contribution is 14.1. The molecule has 0 spiro atoms. The number of hydrogen-bond donors (Lipinski definition) is 3. The summed E-state index contributed by atoms with van der Waals surface area (Å²) in [6.07, 6.45) is -1.35. The summed E-state index contributed by atoms with van der Waals surface area (Å²) in [5.41, 5.74) is 7.45. The van der Waals surface area contributed by atoms with Crippen molar-refractivity contribution < 1.29 is 10.2 Å². The van der Waals surface area contributed by atoms with Crippen LogP contribution in [0, 0.1) is 3.57 Å². The van der Waals surface area contributed by atoms with E-state index >= 15 is 0 Å². The Morgan fingerprint density at radius 3 is 2.40 bits per heavy atom. The van der Waals surface area contributed by atoms with E-state index in [2.05, 4.69) is 22.6 Å². The van der Waals surface area contributed by atoms with Crippen molar-refractivity contribution in [3.8, 4) is 0 Å². The van der Waals surface area contributed by atoms with Gasteiger partial charge in [-0.05, 0) is 40.8 Å². The minimum absolute atomic E-state index is 0.436. The quantitative estimate of drug-likeness (QED) is 0.518. The van der Waals surface area contributed by atoms with E-state index < -0.39 is 12.2 Å². The molecule has 5 heteroatoms. The maximum Gasteiger partial charge on any atom is 0.0990 e. The number of benzene rings is 1. The Morgan fingerprint density at radius 1 is 1.27 bits per heavy atom. The Kier molecular flexibility index (Phi) is 3.03. The first-order chi connectivity index (χ1) is 7.08. The van der Waals surface area contributed by atoms with Gasteiger partial charge in [0, 0.05) is 16.7 Å². The van der Waals surface area contributed by atoms with Crippen molar-refractivity contribution in [3.05, 3.63) is 21.8 Å². The molecule has 1 aromatic rings. The van der Waals surface area contributed by atoms with Crippen LogP contribution in [0.4, 0.5) is 11.4 Å². The third kappa shape index (κ3) is 2.19. The average Bonchev–Trinajstić information content (AvgIpc) is 2.46. The third-order valence-electron chi connectivity index (χ3n) is 2.59. The van der Waals surface area contributed by atoms with Crippen molar-refractivity contribution in [3.63, 3.8) is 0 Å². The van der Waals surface area contributed by atoms with Gasteiger partial charge in [-0.25, -0.2) is 0 Å². The van der Waals surface area contributed by atoms with Crippen LogP contribution in [-0.4, -0.2) is 35.5 Å². The Morgan fingerprint density at radius 2 is 1.87 bits per heavy atom. The van der Waals surface area contributed by atoms with Gasteiger partial charge >= 0.3 is 0 Å². The van der Waals surface area contributed by atoms with Crippen LogP contribution in [0.1, 0.15) is 0 Å². The number of anilines is 2. The molecule has 1 aliphatic heterocycles. The molecule has 0 bridgehead atoms. The first-order valence-corrected chi connectivity index (χ1v) is 5.82. The van der Waals surface area contributed by atoms with Crippen LogP contribution in [0.25, 0.3) is 0 Å². The summed E-state index contributed by atoms with van der Waals surface area (Å²) in [6.45, 7) is 0.873. The lowest BCUT2D eigenvalue weighted by molar-refractivity contribution is 0.0572. The van der Waals surface area contributed by atoms with Gasteiger partial charge in [0.15, 0.2) is 0 Å². The van der Waals surface area contributed by atoms with Crippen molar-refractivity contribution >= 4 is 34.0 Å². The Labute approximate surface area is 102 Å². The van der Waals surface area contributed by atoms with Crippen LogP contribution in [0.5, 0.6) is 0 Å². The molecule has 2 rings (SSSR count). The maximum atomic E-state index is 9.44. The first kappa shape index (κ1) is 11.0. The maximum absolute atomic E-state index is 9.44. The predicted octanol–water partition coefficient (Wildman–Crippen LogP) is 0.415. The molecule has 0 saturated carbocycles. The zero-order valence-corrected chi connectivity index (χ0v) is 10.3. The van der Waals surface area contributed by atoms with E-state index in [0.717, 1.165) is 9.26 Å². The second-order valence-electron chi connectivity index (χ2n) is 3.74. The zero-order chi connectivity index (χ0) is 11.0. The van der Waals surface area contributed by atoms with Gasteiger partial charge in [0.25, 0.3) is 0 Å². The number of aliphatic hydroxyl groups is 2. The van der Waals surface area contributed by atoms with Crippen molar-refractivity contribution in [1.82, 2.24) is 0 Å². The highest BCUT2D eigenvalue weighted by Gasteiger charge is 2.30. The van der Waals surface area contributed by atoms with E-state index in [9.17, 15) is 10.2 Å². The van der Waals surface area contributed by atoms with Crippen molar-refractivity contribution in [2.45, 2.75) is 12.2 Å². The molecule has 4 N–H and O–H groups in total. The van der Waals surface area contributed by atoms with Crippen molar-refractivity contribution in [1.29, 1.82) is 0 Å². The van der Waals surface area contributed by atoms with Gasteiger partial charge < -0.3 is 20.8 Å². The largest absolute Gasteiger partial charge is 0.397 e. The summed E-state index contributed by atoms with van der Waals surface area (Å²) in [4.78, 5) is 1.90. The summed E-state index contributed by atoms with van der Waals surface area (Å²) in [6, 6.07) is 5.76. The molecule has 1 aromatic carbocycles. The van der Waals surface area contributed by atoms with Crippen LogP contribution in [-0.2, 0) is 0 Å². The number of nitrogens with zero attached hydrogens (tertiary/aromatic N) is 1. The number of halogens is 1. The number of hydrogen-bond acceptors (Lipinski definition) is 4. The van der Waals surface area contributed by atoms with E-state index in [-0.39, 0.29) is 0 Å². The molecule has 1 heterocycles. The highest BCUT2D eigenvalue weighted by atomic mass is 127. The lowest BCUT2D eigenvalue weighted by Crippen LogP contribution is -2.22. The third-order valence-corrected chi connectivity index (χ3v) is 3.26. The fraction of sp³-hybridized carbons (Fsp3) is 0.400. The smallest absolute Gasteiger partial charge is 0.0990 e. The predicted molar refractivity (Wildman–Crippen MR) is 67.8 cm³/mol. The van der Waals surface area contributed by atoms with E-state index in [1.165, 1.54) is 0 Å². The van der Waals surface area contributed by atoms with Crippen LogP contribution in [0.2, 0.25) is 0 Å². The highest BCUT2D eigenvalue weighted by Crippen LogP contribution is 2.28. The molecule has 0 aliphatic carbocycles. The van der Waals surface area contributed by atoms with Crippen LogP contribution in [0.3, 0.4) is 0 Å². The summed E-state index contributed by atoms with van der Waals surface area (Å²) < 4.78 is 1.08. The molecule has 0 aromatic heterocycles. The number of β-amino-alcohol motifs (C(OH)–C–C–N with tert-alkyl or cyclic N) is 2. The molecular weight excluding hydrogens is 307 g/mol. The van der Waals surface area contributed by atoms with E-state index in [1.54, 1.807) is 0 Å². The Bertz CT molecular complexity index is 362. The summed E-state index contributed by atoms with van der Waals surface area (Å²) >= 11 is 2.20. The molecule has 0 radical (unpaired) electrons. The lowest BCUT2D eigenvalue weighted by atomic mass is 10.2. The van der Waals surface area contributed by atoms with Gasteiger partial charge in [-0.2, -0.15) is 0 Å². The van der Waals surface area contributed by atoms with Crippen molar-refractivity contribution in [2.24, 2.45) is 0 Å². The lowest BCUT2D eigenvalue weighted by Gasteiger charge is -2.19. The summed E-state index contributed by atoms with van der Waals surface area (Å²) in [5.74, 6) is 0. The van der Waals surface area contributed by atoms with Crippen LogP contribution >= 0.6 is 22.6 Å². The SMILES string of the molecule is Nc1cc(I)ccc1N1CC(O)C(O)C1. The van der Waals surface area contributed by atoms with Gasteiger partial charge in [-0.3, -0.25) is 0 Å². The number of nitrogen functional groups attached to an aromatic ring is 1. The molecule has 2 unspecified atom stereocenters. The average molecular weight is 320 g/mol. The fourth-order valence-corrected chi connectivity index (χ4v) is 2.29. The second-order valence-corrected chi connectivity index (χ2v) is 4.99. The first-order valence-electron chi connectivity index (χ1n) is 4.74.